The molecule has 3 aliphatic heterocycles. The lowest BCUT2D eigenvalue weighted by atomic mass is 10.0. The summed E-state index contributed by atoms with van der Waals surface area (Å²) in [5.74, 6) is 0. The summed E-state index contributed by atoms with van der Waals surface area (Å²) < 4.78 is 7.70. The van der Waals surface area contributed by atoms with E-state index >= 15 is 0 Å². The molecule has 3 fully saturated rings. The summed E-state index contributed by atoms with van der Waals surface area (Å²) in [6.45, 7) is 6.53. The molecule has 0 unspecified atom stereocenters. The average Bonchev–Trinajstić information content (AvgIpc) is 2.93. The van der Waals surface area contributed by atoms with Gasteiger partial charge in [0.15, 0.2) is 0 Å². The lowest BCUT2D eigenvalue weighted by Gasteiger charge is -2.33. The van der Waals surface area contributed by atoms with Gasteiger partial charge >= 0.3 is 5.63 Å². The van der Waals surface area contributed by atoms with E-state index in [1.165, 1.54) is 25.9 Å². The molecule has 7 rings (SSSR count). The Morgan fingerprint density at radius 3 is 2.77 bits per heavy atom. The Kier molecular flexibility index (Phi) is 3.96. The largest absolute Gasteiger partial charge is 0.422 e. The minimum Gasteiger partial charge on any atom is -0.422 e. The highest BCUT2D eigenvalue weighted by atomic mass is 16.4. The van der Waals surface area contributed by atoms with E-state index in [4.69, 9.17) is 4.42 Å². The fourth-order valence-electron chi connectivity index (χ4n) is 4.90. The monoisotopic (exact) mass is 400 g/mol. The molecule has 4 aromatic rings. The van der Waals surface area contributed by atoms with Gasteiger partial charge in [-0.2, -0.15) is 0 Å². The molecule has 0 amide bonds. The molecule has 0 spiro atoms. The number of hydrogen-bond donors (Lipinski definition) is 0. The van der Waals surface area contributed by atoms with Crippen LogP contribution in [0.5, 0.6) is 0 Å². The van der Waals surface area contributed by atoms with E-state index in [-0.39, 0.29) is 5.63 Å². The first-order valence-corrected chi connectivity index (χ1v) is 10.7. The number of pyridine rings is 1. The Morgan fingerprint density at radius 1 is 1.03 bits per heavy atom. The van der Waals surface area contributed by atoms with Crippen LogP contribution in [0.4, 0.5) is 5.69 Å². The summed E-state index contributed by atoms with van der Waals surface area (Å²) in [5.41, 5.74) is 4.54. The highest BCUT2D eigenvalue weighted by Gasteiger charge is 2.29. The van der Waals surface area contributed by atoms with Crippen LogP contribution in [0.2, 0.25) is 0 Å². The van der Waals surface area contributed by atoms with Gasteiger partial charge in [-0.25, -0.2) is 9.78 Å². The molecule has 0 saturated carbocycles. The second-order valence-corrected chi connectivity index (χ2v) is 8.53. The molecule has 6 heterocycles. The van der Waals surface area contributed by atoms with E-state index < -0.39 is 0 Å². The van der Waals surface area contributed by atoms with E-state index in [9.17, 15) is 4.79 Å². The molecule has 0 N–H and O–H groups in total. The Balaban J connectivity index is 1.40. The fraction of sp³-hybridized carbons (Fsp3) is 0.333. The molecule has 30 heavy (non-hydrogen) atoms. The second kappa shape index (κ2) is 6.71. The first kappa shape index (κ1) is 17.7. The van der Waals surface area contributed by atoms with E-state index in [1.54, 1.807) is 0 Å². The van der Waals surface area contributed by atoms with Gasteiger partial charge in [0.25, 0.3) is 0 Å². The third-order valence-corrected chi connectivity index (χ3v) is 6.60. The van der Waals surface area contributed by atoms with Crippen molar-refractivity contribution in [3.63, 3.8) is 0 Å². The molecular weight excluding hydrogens is 376 g/mol. The third kappa shape index (κ3) is 2.91. The highest BCUT2D eigenvalue weighted by molar-refractivity contribution is 5.84. The van der Waals surface area contributed by atoms with Crippen LogP contribution >= 0.6 is 0 Å². The van der Waals surface area contributed by atoms with Crippen LogP contribution in [0, 0.1) is 6.92 Å². The predicted molar refractivity (Wildman–Crippen MR) is 118 cm³/mol. The summed E-state index contributed by atoms with van der Waals surface area (Å²) in [6, 6.07) is 12.8. The van der Waals surface area contributed by atoms with Crippen LogP contribution in [0.1, 0.15) is 18.4 Å². The standard InChI is InChI=1S/C24H24N4O2/c1-16-4-9-27-15-21(25-23(27)12-16)20-13-17-2-3-19(14-22(17)30-24(20)29)28-11-10-26-7-5-18(28)6-8-26/h2-4,9,12-15,18H,5-8,10-11H2,1H3. The minimum absolute atomic E-state index is 0.345. The Hall–Kier alpha value is -3.12. The van der Waals surface area contributed by atoms with Gasteiger partial charge in [-0.1, -0.05) is 0 Å². The second-order valence-electron chi connectivity index (χ2n) is 8.53. The van der Waals surface area contributed by atoms with Crippen molar-refractivity contribution in [2.45, 2.75) is 25.8 Å². The number of piperidine rings is 1. The van der Waals surface area contributed by atoms with Crippen LogP contribution in [-0.2, 0) is 0 Å². The maximum absolute atomic E-state index is 12.8. The Morgan fingerprint density at radius 2 is 1.90 bits per heavy atom. The van der Waals surface area contributed by atoms with E-state index in [0.717, 1.165) is 35.4 Å². The first-order valence-electron chi connectivity index (χ1n) is 10.7. The zero-order valence-corrected chi connectivity index (χ0v) is 17.0. The molecule has 152 valence electrons. The first-order chi connectivity index (χ1) is 14.6. The van der Waals surface area contributed by atoms with Gasteiger partial charge in [-0.3, -0.25) is 0 Å². The van der Waals surface area contributed by atoms with E-state index in [1.807, 2.05) is 48.0 Å². The maximum atomic E-state index is 12.8. The normalized spacial score (nSPS) is 21.4. The number of aromatic nitrogens is 2. The molecule has 3 saturated heterocycles. The zero-order chi connectivity index (χ0) is 20.2. The van der Waals surface area contributed by atoms with Gasteiger partial charge in [0.2, 0.25) is 0 Å². The number of nitrogens with zero attached hydrogens (tertiary/aromatic N) is 4. The average molecular weight is 400 g/mol. The SMILES string of the molecule is Cc1ccn2cc(-c3cc4ccc(N5CCN6CCC5CC6)cc4oc3=O)nc2c1. The van der Waals surface area contributed by atoms with Crippen molar-refractivity contribution in [3.8, 4) is 11.3 Å². The summed E-state index contributed by atoms with van der Waals surface area (Å²) in [5, 5.41) is 0.921. The summed E-state index contributed by atoms with van der Waals surface area (Å²) in [4.78, 5) is 22.5. The van der Waals surface area contributed by atoms with Gasteiger partial charge in [0, 0.05) is 61.8 Å². The summed E-state index contributed by atoms with van der Waals surface area (Å²) in [6.07, 6.45) is 6.24. The lowest BCUT2D eigenvalue weighted by Crippen LogP contribution is -2.37. The zero-order valence-electron chi connectivity index (χ0n) is 17.0. The minimum atomic E-state index is -0.345. The van der Waals surface area contributed by atoms with Crippen molar-refractivity contribution in [3.05, 3.63) is 64.8 Å². The molecule has 3 aliphatic rings. The smallest absolute Gasteiger partial charge is 0.345 e. The molecule has 0 atom stereocenters. The summed E-state index contributed by atoms with van der Waals surface area (Å²) >= 11 is 0. The topological polar surface area (TPSA) is 54.0 Å². The van der Waals surface area contributed by atoms with Crippen LogP contribution < -0.4 is 10.5 Å². The number of rotatable bonds is 2. The van der Waals surface area contributed by atoms with Crippen molar-refractivity contribution in [2.24, 2.45) is 0 Å². The van der Waals surface area contributed by atoms with Crippen molar-refractivity contribution < 1.29 is 4.42 Å². The highest BCUT2D eigenvalue weighted by Crippen LogP contribution is 2.30. The number of anilines is 1. The summed E-state index contributed by atoms with van der Waals surface area (Å²) in [7, 11) is 0. The van der Waals surface area contributed by atoms with Crippen LogP contribution in [0.15, 0.2) is 58.0 Å². The molecule has 2 bridgehead atoms. The van der Waals surface area contributed by atoms with E-state index in [2.05, 4.69) is 26.9 Å². The van der Waals surface area contributed by atoms with Gasteiger partial charge in [0.05, 0.1) is 11.3 Å². The van der Waals surface area contributed by atoms with Gasteiger partial charge in [-0.05, 0) is 55.7 Å². The maximum Gasteiger partial charge on any atom is 0.345 e. The molecule has 6 nitrogen and oxygen atoms in total. The van der Waals surface area contributed by atoms with Gasteiger partial charge < -0.3 is 18.6 Å². The van der Waals surface area contributed by atoms with Gasteiger partial charge in [-0.15, -0.1) is 0 Å². The fourth-order valence-corrected chi connectivity index (χ4v) is 4.90. The number of imidazole rings is 1. The van der Waals surface area contributed by atoms with Crippen molar-refractivity contribution in [1.82, 2.24) is 14.3 Å². The number of benzene rings is 1. The van der Waals surface area contributed by atoms with E-state index in [0.29, 0.717) is 22.9 Å². The van der Waals surface area contributed by atoms with Crippen LogP contribution in [0.3, 0.4) is 0 Å². The lowest BCUT2D eigenvalue weighted by molar-refractivity contribution is 0.250. The third-order valence-electron chi connectivity index (χ3n) is 6.60. The Labute approximate surface area is 174 Å². The predicted octanol–water partition coefficient (Wildman–Crippen LogP) is 3.70. The molecule has 0 aliphatic carbocycles. The van der Waals surface area contributed by atoms with Crippen LogP contribution in [0.25, 0.3) is 27.9 Å². The molecule has 0 radical (unpaired) electrons. The molecule has 1 aromatic carbocycles. The van der Waals surface area contributed by atoms with Crippen LogP contribution in [-0.4, -0.2) is 46.5 Å². The molecular formula is C24H24N4O2. The quantitative estimate of drug-likeness (QED) is 0.480. The van der Waals surface area contributed by atoms with Gasteiger partial charge in [0.1, 0.15) is 11.2 Å². The van der Waals surface area contributed by atoms with Crippen molar-refractivity contribution in [2.75, 3.05) is 31.1 Å². The van der Waals surface area contributed by atoms with Crippen molar-refractivity contribution in [1.29, 1.82) is 0 Å². The number of fused-ring (bicyclic) bond motifs is 6. The molecule has 3 aromatic heterocycles. The number of hydrogen-bond acceptors (Lipinski definition) is 5. The molecule has 6 heteroatoms. The van der Waals surface area contributed by atoms with Crippen molar-refractivity contribution >= 4 is 22.3 Å². The Bertz CT molecular complexity index is 1310. The number of aryl methyl sites for hydroxylation is 1.